The Kier molecular flexibility index (Phi) is 8.07. The number of sulfonamides is 1. The van der Waals surface area contributed by atoms with E-state index in [-0.39, 0.29) is 22.9 Å². The third-order valence-corrected chi connectivity index (χ3v) is 7.18. The number of hydrogen-bond donors (Lipinski definition) is 0. The van der Waals surface area contributed by atoms with E-state index in [9.17, 15) is 18.0 Å². The predicted molar refractivity (Wildman–Crippen MR) is 131 cm³/mol. The number of amides is 1. The molecule has 0 N–H and O–H groups in total. The largest absolute Gasteiger partial charge is 0.452 e. The molecule has 0 aliphatic rings. The number of benzene rings is 3. The Morgan fingerprint density at radius 2 is 1.59 bits per heavy atom. The summed E-state index contributed by atoms with van der Waals surface area (Å²) in [7, 11) is -2.26. The highest BCUT2D eigenvalue weighted by Gasteiger charge is 2.25. The molecule has 178 valence electrons. The molecule has 3 aromatic rings. The summed E-state index contributed by atoms with van der Waals surface area (Å²) in [5, 5.41) is 0. The van der Waals surface area contributed by atoms with Gasteiger partial charge < -0.3 is 9.64 Å². The van der Waals surface area contributed by atoms with Gasteiger partial charge in [0.05, 0.1) is 16.1 Å². The number of hydrogen-bond acceptors (Lipinski definition) is 5. The first-order valence-electron chi connectivity index (χ1n) is 10.9. The molecule has 0 radical (unpaired) electrons. The fraction of sp³-hybridized carbons (Fsp3) is 0.231. The molecule has 0 fully saturated rings. The van der Waals surface area contributed by atoms with Gasteiger partial charge in [-0.25, -0.2) is 13.2 Å². The summed E-state index contributed by atoms with van der Waals surface area (Å²) in [4.78, 5) is 26.4. The molecular formula is C26H28N2O5S. The first-order valence-corrected chi connectivity index (χ1v) is 12.3. The van der Waals surface area contributed by atoms with E-state index in [2.05, 4.69) is 0 Å². The number of para-hydroxylation sites is 1. The average Bonchev–Trinajstić information content (AvgIpc) is 2.84. The minimum atomic E-state index is -3.89. The molecule has 0 bridgehead atoms. The monoisotopic (exact) mass is 480 g/mol. The van der Waals surface area contributed by atoms with E-state index in [0.717, 1.165) is 11.1 Å². The molecule has 3 aromatic carbocycles. The van der Waals surface area contributed by atoms with Gasteiger partial charge >= 0.3 is 5.97 Å². The molecular weight excluding hydrogens is 452 g/mol. The molecule has 7 nitrogen and oxygen atoms in total. The van der Waals surface area contributed by atoms with Crippen molar-refractivity contribution in [2.45, 2.75) is 25.3 Å². The molecule has 0 aliphatic heterocycles. The molecule has 0 saturated carbocycles. The van der Waals surface area contributed by atoms with Gasteiger partial charge in [0.25, 0.3) is 15.9 Å². The standard InChI is InChI=1S/C26H28N2O5S/c1-4-28(23-10-6-5-7-11-23)34(31,32)24-12-8-9-22(17-24)26(30)33-19-25(29)27(3)18-21-15-13-20(2)14-16-21/h5-17H,4,18-19H2,1-3H3. The Morgan fingerprint density at radius 3 is 2.24 bits per heavy atom. The Bertz CT molecular complexity index is 1240. The van der Waals surface area contributed by atoms with Crippen molar-refractivity contribution >= 4 is 27.6 Å². The van der Waals surface area contributed by atoms with Crippen LogP contribution in [-0.4, -0.2) is 45.4 Å². The molecule has 1 amide bonds. The molecule has 0 atom stereocenters. The van der Waals surface area contributed by atoms with Crippen LogP contribution in [0.5, 0.6) is 0 Å². The molecule has 0 saturated heterocycles. The van der Waals surface area contributed by atoms with Crippen molar-refractivity contribution in [2.24, 2.45) is 0 Å². The number of anilines is 1. The maximum atomic E-state index is 13.2. The first kappa shape index (κ1) is 25.0. The fourth-order valence-corrected chi connectivity index (χ4v) is 4.89. The maximum Gasteiger partial charge on any atom is 0.338 e. The Balaban J connectivity index is 1.67. The summed E-state index contributed by atoms with van der Waals surface area (Å²) in [6, 6.07) is 22.2. The van der Waals surface area contributed by atoms with E-state index >= 15 is 0 Å². The van der Waals surface area contributed by atoms with Crippen LogP contribution in [-0.2, 0) is 26.1 Å². The van der Waals surface area contributed by atoms with Gasteiger partial charge in [0.1, 0.15) is 0 Å². The van der Waals surface area contributed by atoms with Crippen LogP contribution < -0.4 is 4.31 Å². The molecule has 0 heterocycles. The Hall–Kier alpha value is -3.65. The second kappa shape index (κ2) is 11.0. The maximum absolute atomic E-state index is 13.2. The van der Waals surface area contributed by atoms with Crippen LogP contribution in [0.25, 0.3) is 0 Å². The number of carbonyl (C=O) groups excluding carboxylic acids is 2. The summed E-state index contributed by atoms with van der Waals surface area (Å²) < 4.78 is 32.8. The highest BCUT2D eigenvalue weighted by molar-refractivity contribution is 7.92. The van der Waals surface area contributed by atoms with Crippen LogP contribution in [0.4, 0.5) is 5.69 Å². The van der Waals surface area contributed by atoms with Crippen molar-refractivity contribution in [3.8, 4) is 0 Å². The quantitative estimate of drug-likeness (QED) is 0.432. The molecule has 0 aromatic heterocycles. The van der Waals surface area contributed by atoms with Gasteiger partial charge in [-0.1, -0.05) is 54.1 Å². The lowest BCUT2D eigenvalue weighted by atomic mass is 10.1. The van der Waals surface area contributed by atoms with E-state index < -0.39 is 22.6 Å². The van der Waals surface area contributed by atoms with Crippen LogP contribution in [0, 0.1) is 6.92 Å². The number of likely N-dealkylation sites (N-methyl/N-ethyl adjacent to an activating group) is 1. The summed E-state index contributed by atoms with van der Waals surface area (Å²) in [5.41, 5.74) is 2.67. The van der Waals surface area contributed by atoms with E-state index in [1.54, 1.807) is 44.3 Å². The molecule has 0 unspecified atom stereocenters. The van der Waals surface area contributed by atoms with Crippen molar-refractivity contribution < 1.29 is 22.7 Å². The highest BCUT2D eigenvalue weighted by atomic mass is 32.2. The van der Waals surface area contributed by atoms with Crippen LogP contribution in [0.3, 0.4) is 0 Å². The van der Waals surface area contributed by atoms with Gasteiger partial charge in [0, 0.05) is 20.1 Å². The van der Waals surface area contributed by atoms with Crippen molar-refractivity contribution in [1.82, 2.24) is 4.90 Å². The van der Waals surface area contributed by atoms with Gasteiger partial charge in [-0.2, -0.15) is 0 Å². The van der Waals surface area contributed by atoms with E-state index in [4.69, 9.17) is 4.74 Å². The zero-order valence-electron chi connectivity index (χ0n) is 19.5. The lowest BCUT2D eigenvalue weighted by molar-refractivity contribution is -0.133. The zero-order valence-corrected chi connectivity index (χ0v) is 20.3. The number of nitrogens with zero attached hydrogens (tertiary/aromatic N) is 2. The number of rotatable bonds is 9. The van der Waals surface area contributed by atoms with Gasteiger partial charge in [0.15, 0.2) is 6.61 Å². The predicted octanol–water partition coefficient (Wildman–Crippen LogP) is 4.03. The number of ether oxygens (including phenoxy) is 1. The van der Waals surface area contributed by atoms with Gasteiger partial charge in [0.2, 0.25) is 0 Å². The average molecular weight is 481 g/mol. The van der Waals surface area contributed by atoms with Crippen molar-refractivity contribution in [3.05, 3.63) is 95.6 Å². The molecule has 8 heteroatoms. The SMILES string of the molecule is CCN(c1ccccc1)S(=O)(=O)c1cccc(C(=O)OCC(=O)N(C)Cc2ccc(C)cc2)c1. The summed E-state index contributed by atoms with van der Waals surface area (Å²) in [5.74, 6) is -1.13. The minimum Gasteiger partial charge on any atom is -0.452 e. The van der Waals surface area contributed by atoms with E-state index in [0.29, 0.717) is 12.2 Å². The fourth-order valence-electron chi connectivity index (χ4n) is 3.37. The second-order valence-electron chi connectivity index (χ2n) is 7.84. The van der Waals surface area contributed by atoms with Crippen LogP contribution >= 0.6 is 0 Å². The molecule has 3 rings (SSSR count). The summed E-state index contributed by atoms with van der Waals surface area (Å²) in [6.07, 6.45) is 0. The lowest BCUT2D eigenvalue weighted by Gasteiger charge is -2.23. The zero-order chi connectivity index (χ0) is 24.7. The smallest absolute Gasteiger partial charge is 0.338 e. The molecule has 0 aliphatic carbocycles. The third kappa shape index (κ3) is 6.02. The number of carbonyl (C=O) groups is 2. The topological polar surface area (TPSA) is 84.0 Å². The third-order valence-electron chi connectivity index (χ3n) is 5.28. The Labute approximate surface area is 200 Å². The van der Waals surface area contributed by atoms with Crippen molar-refractivity contribution in [1.29, 1.82) is 0 Å². The van der Waals surface area contributed by atoms with Gasteiger partial charge in [-0.3, -0.25) is 9.10 Å². The lowest BCUT2D eigenvalue weighted by Crippen LogP contribution is -2.31. The molecule has 34 heavy (non-hydrogen) atoms. The minimum absolute atomic E-state index is 0.0320. The number of aryl methyl sites for hydroxylation is 1. The summed E-state index contributed by atoms with van der Waals surface area (Å²) >= 11 is 0. The van der Waals surface area contributed by atoms with Crippen molar-refractivity contribution in [3.63, 3.8) is 0 Å². The second-order valence-corrected chi connectivity index (χ2v) is 9.71. The van der Waals surface area contributed by atoms with E-state index in [1.807, 2.05) is 31.2 Å². The van der Waals surface area contributed by atoms with Crippen molar-refractivity contribution in [2.75, 3.05) is 24.5 Å². The molecule has 0 spiro atoms. The Morgan fingerprint density at radius 1 is 0.912 bits per heavy atom. The van der Waals surface area contributed by atoms with Crippen LogP contribution in [0.2, 0.25) is 0 Å². The van der Waals surface area contributed by atoms with E-state index in [1.165, 1.54) is 33.5 Å². The highest BCUT2D eigenvalue weighted by Crippen LogP contribution is 2.24. The normalized spacial score (nSPS) is 11.0. The van der Waals surface area contributed by atoms with Crippen LogP contribution in [0.1, 0.15) is 28.4 Å². The van der Waals surface area contributed by atoms with Crippen LogP contribution in [0.15, 0.2) is 83.8 Å². The van der Waals surface area contributed by atoms with Gasteiger partial charge in [-0.15, -0.1) is 0 Å². The van der Waals surface area contributed by atoms with Gasteiger partial charge in [-0.05, 0) is 49.7 Å². The number of esters is 1. The summed E-state index contributed by atoms with van der Waals surface area (Å²) in [6.45, 7) is 3.89. The first-order chi connectivity index (χ1) is 16.2.